The van der Waals surface area contributed by atoms with E-state index in [0.29, 0.717) is 18.0 Å². The van der Waals surface area contributed by atoms with Gasteiger partial charge in [-0.05, 0) is 32.2 Å². The first kappa shape index (κ1) is 14.3. The summed E-state index contributed by atoms with van der Waals surface area (Å²) >= 11 is 3.55. The topological polar surface area (TPSA) is 23.6 Å². The highest BCUT2D eigenvalue weighted by Gasteiger charge is 2.37. The summed E-state index contributed by atoms with van der Waals surface area (Å²) in [6.07, 6.45) is 3.90. The number of piperidine rings is 1. The van der Waals surface area contributed by atoms with Gasteiger partial charge in [-0.25, -0.2) is 0 Å². The molecule has 2 heterocycles. The zero-order chi connectivity index (χ0) is 13.3. The van der Waals surface area contributed by atoms with Crippen LogP contribution in [0.25, 0.3) is 0 Å². The predicted octanol–water partition coefficient (Wildman–Crippen LogP) is 2.49. The van der Waals surface area contributed by atoms with Crippen molar-refractivity contribution in [2.75, 3.05) is 19.6 Å². The zero-order valence-corrected chi connectivity index (χ0v) is 13.3. The smallest absolute Gasteiger partial charge is 0.236 e. The number of hydrogen-bond donors (Lipinski definition) is 0. The molecule has 0 radical (unpaired) electrons. The van der Waals surface area contributed by atoms with Gasteiger partial charge in [-0.2, -0.15) is 0 Å². The molecule has 0 aromatic heterocycles. The second-order valence-electron chi connectivity index (χ2n) is 6.13. The molecule has 2 rings (SSSR count). The molecule has 18 heavy (non-hydrogen) atoms. The van der Waals surface area contributed by atoms with Gasteiger partial charge in [0.25, 0.3) is 0 Å². The lowest BCUT2D eigenvalue weighted by Crippen LogP contribution is -2.61. The van der Waals surface area contributed by atoms with Gasteiger partial charge in [0.1, 0.15) is 0 Å². The normalized spacial score (nSPS) is 31.3. The fourth-order valence-corrected chi connectivity index (χ4v) is 3.37. The standard InChI is InChI=1S/C14H25BrN2O/c1-10(2)13(15)14(18)17-9-12-6-4-5-7-16(12)8-11(17)3/h10-13H,4-9H2,1-3H3. The lowest BCUT2D eigenvalue weighted by molar-refractivity contribution is -0.138. The number of alkyl halides is 1. The number of piperazine rings is 1. The van der Waals surface area contributed by atoms with E-state index in [1.807, 2.05) is 0 Å². The molecule has 2 saturated heterocycles. The fourth-order valence-electron chi connectivity index (χ4n) is 3.10. The van der Waals surface area contributed by atoms with Crippen molar-refractivity contribution >= 4 is 21.8 Å². The summed E-state index contributed by atoms with van der Waals surface area (Å²) in [5, 5.41) is 0. The average molecular weight is 317 g/mol. The molecule has 0 bridgehead atoms. The van der Waals surface area contributed by atoms with E-state index in [1.165, 1.54) is 25.8 Å². The van der Waals surface area contributed by atoms with Crippen LogP contribution in [-0.2, 0) is 4.79 Å². The minimum atomic E-state index is -0.0323. The molecule has 2 aliphatic heterocycles. The second-order valence-corrected chi connectivity index (χ2v) is 7.12. The van der Waals surface area contributed by atoms with Crippen LogP contribution in [0.1, 0.15) is 40.0 Å². The Labute approximate surface area is 119 Å². The van der Waals surface area contributed by atoms with E-state index in [9.17, 15) is 4.79 Å². The monoisotopic (exact) mass is 316 g/mol. The molecule has 2 fully saturated rings. The van der Waals surface area contributed by atoms with Crippen LogP contribution in [0.15, 0.2) is 0 Å². The Kier molecular flexibility index (Phi) is 4.70. The SMILES string of the molecule is CC(C)C(Br)C(=O)N1CC2CCCCN2CC1C. The van der Waals surface area contributed by atoms with E-state index in [0.717, 1.165) is 13.1 Å². The van der Waals surface area contributed by atoms with Gasteiger partial charge in [0.2, 0.25) is 5.91 Å². The van der Waals surface area contributed by atoms with Crippen molar-refractivity contribution in [2.45, 2.75) is 56.9 Å². The molecular weight excluding hydrogens is 292 g/mol. The molecular formula is C14H25BrN2O. The number of amides is 1. The first-order chi connectivity index (χ1) is 8.50. The van der Waals surface area contributed by atoms with E-state index in [4.69, 9.17) is 0 Å². The van der Waals surface area contributed by atoms with Gasteiger partial charge in [-0.15, -0.1) is 0 Å². The highest BCUT2D eigenvalue weighted by Crippen LogP contribution is 2.26. The zero-order valence-electron chi connectivity index (χ0n) is 11.7. The van der Waals surface area contributed by atoms with E-state index in [2.05, 4.69) is 46.5 Å². The third-order valence-corrected chi connectivity index (χ3v) is 5.74. The molecule has 0 aromatic rings. The van der Waals surface area contributed by atoms with Crippen molar-refractivity contribution in [3.63, 3.8) is 0 Å². The maximum absolute atomic E-state index is 12.5. The van der Waals surface area contributed by atoms with Crippen LogP contribution in [-0.4, -0.2) is 52.3 Å². The predicted molar refractivity (Wildman–Crippen MR) is 77.9 cm³/mol. The van der Waals surface area contributed by atoms with Crippen molar-refractivity contribution in [3.8, 4) is 0 Å². The molecule has 3 atom stereocenters. The van der Waals surface area contributed by atoms with Gasteiger partial charge in [-0.3, -0.25) is 9.69 Å². The molecule has 0 aliphatic carbocycles. The molecule has 4 heteroatoms. The first-order valence-corrected chi connectivity index (χ1v) is 8.11. The van der Waals surface area contributed by atoms with Gasteiger partial charge >= 0.3 is 0 Å². The van der Waals surface area contributed by atoms with Crippen molar-refractivity contribution in [2.24, 2.45) is 5.92 Å². The van der Waals surface area contributed by atoms with Crippen LogP contribution in [0.3, 0.4) is 0 Å². The van der Waals surface area contributed by atoms with E-state index >= 15 is 0 Å². The summed E-state index contributed by atoms with van der Waals surface area (Å²) in [6, 6.07) is 0.955. The summed E-state index contributed by atoms with van der Waals surface area (Å²) in [5.74, 6) is 0.636. The summed E-state index contributed by atoms with van der Waals surface area (Å²) in [7, 11) is 0. The largest absolute Gasteiger partial charge is 0.336 e. The van der Waals surface area contributed by atoms with Gasteiger partial charge in [0.05, 0.1) is 4.83 Å². The van der Waals surface area contributed by atoms with Crippen molar-refractivity contribution in [3.05, 3.63) is 0 Å². The Morgan fingerprint density at radius 3 is 2.67 bits per heavy atom. The Balaban J connectivity index is 2.02. The number of carbonyl (C=O) groups is 1. The lowest BCUT2D eigenvalue weighted by Gasteiger charge is -2.48. The Morgan fingerprint density at radius 2 is 2.00 bits per heavy atom. The van der Waals surface area contributed by atoms with Crippen LogP contribution >= 0.6 is 15.9 Å². The quantitative estimate of drug-likeness (QED) is 0.731. The molecule has 3 unspecified atom stereocenters. The van der Waals surface area contributed by atoms with E-state index < -0.39 is 0 Å². The van der Waals surface area contributed by atoms with Crippen LogP contribution in [0.4, 0.5) is 0 Å². The van der Waals surface area contributed by atoms with Crippen LogP contribution in [0, 0.1) is 5.92 Å². The summed E-state index contributed by atoms with van der Waals surface area (Å²) in [4.78, 5) is 17.1. The second kappa shape index (κ2) is 5.91. The number of fused-ring (bicyclic) bond motifs is 1. The lowest BCUT2D eigenvalue weighted by atomic mass is 9.96. The third-order valence-electron chi connectivity index (χ3n) is 4.29. The van der Waals surface area contributed by atoms with Crippen molar-refractivity contribution in [1.29, 1.82) is 0 Å². The van der Waals surface area contributed by atoms with Gasteiger partial charge in [0.15, 0.2) is 0 Å². The minimum absolute atomic E-state index is 0.0323. The highest BCUT2D eigenvalue weighted by atomic mass is 79.9. The third kappa shape index (κ3) is 2.90. The van der Waals surface area contributed by atoms with E-state index in [1.54, 1.807) is 0 Å². The van der Waals surface area contributed by atoms with Crippen LogP contribution < -0.4 is 0 Å². The summed E-state index contributed by atoms with van der Waals surface area (Å²) in [5.41, 5.74) is 0. The van der Waals surface area contributed by atoms with Gasteiger partial charge in [0, 0.05) is 25.2 Å². The maximum atomic E-state index is 12.5. The summed E-state index contributed by atoms with van der Waals surface area (Å²) < 4.78 is 0. The minimum Gasteiger partial charge on any atom is -0.336 e. The molecule has 0 aromatic carbocycles. The highest BCUT2D eigenvalue weighted by molar-refractivity contribution is 9.10. The van der Waals surface area contributed by atoms with Crippen molar-refractivity contribution < 1.29 is 4.79 Å². The first-order valence-electron chi connectivity index (χ1n) is 7.19. The van der Waals surface area contributed by atoms with Gasteiger partial charge < -0.3 is 4.90 Å². The van der Waals surface area contributed by atoms with Crippen LogP contribution in [0.5, 0.6) is 0 Å². The molecule has 0 saturated carbocycles. The number of carbonyl (C=O) groups excluding carboxylic acids is 1. The Morgan fingerprint density at radius 1 is 1.28 bits per heavy atom. The van der Waals surface area contributed by atoms with Crippen molar-refractivity contribution in [1.82, 2.24) is 9.80 Å². The van der Waals surface area contributed by atoms with Crippen LogP contribution in [0.2, 0.25) is 0 Å². The number of nitrogens with zero attached hydrogens (tertiary/aromatic N) is 2. The molecule has 3 nitrogen and oxygen atoms in total. The number of halogens is 1. The van der Waals surface area contributed by atoms with Gasteiger partial charge in [-0.1, -0.05) is 36.2 Å². The summed E-state index contributed by atoms with van der Waals surface area (Å²) in [6.45, 7) is 9.57. The number of rotatable bonds is 2. The molecule has 2 aliphatic rings. The fraction of sp³-hybridized carbons (Fsp3) is 0.929. The average Bonchev–Trinajstić information content (AvgIpc) is 2.36. The Bertz CT molecular complexity index is 308. The molecule has 0 N–H and O–H groups in total. The molecule has 0 spiro atoms. The molecule has 1 amide bonds. The molecule has 104 valence electrons. The van der Waals surface area contributed by atoms with E-state index in [-0.39, 0.29) is 10.7 Å². The number of hydrogen-bond acceptors (Lipinski definition) is 2. The maximum Gasteiger partial charge on any atom is 0.236 e. The Hall–Kier alpha value is -0.0900.